The molecule has 0 amide bonds. The highest BCUT2D eigenvalue weighted by Crippen LogP contribution is 2.19. The topological polar surface area (TPSA) is 26.0 Å². The average Bonchev–Trinajstić information content (AvgIpc) is 1.85. The molecule has 0 radical (unpaired) electrons. The Morgan fingerprint density at radius 2 is 1.92 bits per heavy atom. The first-order chi connectivity index (χ1) is 5.49. The van der Waals surface area contributed by atoms with Gasteiger partial charge in [0.2, 0.25) is 0 Å². The molecule has 1 nitrogen and oxygen atoms in total. The van der Waals surface area contributed by atoms with Crippen LogP contribution < -0.4 is 5.73 Å². The van der Waals surface area contributed by atoms with Gasteiger partial charge in [-0.15, -0.1) is 0 Å². The van der Waals surface area contributed by atoms with Crippen molar-refractivity contribution in [1.29, 1.82) is 0 Å². The maximum atomic E-state index is 5.67. The van der Waals surface area contributed by atoms with Crippen molar-refractivity contribution in [1.82, 2.24) is 0 Å². The van der Waals surface area contributed by atoms with Gasteiger partial charge in [-0.3, -0.25) is 0 Å². The summed E-state index contributed by atoms with van der Waals surface area (Å²) in [5.74, 6) is 0.700. The van der Waals surface area contributed by atoms with E-state index in [0.717, 1.165) is 18.5 Å². The highest BCUT2D eigenvalue weighted by molar-refractivity contribution is 5.29. The van der Waals surface area contributed by atoms with Crippen LogP contribution in [0, 0.1) is 5.92 Å². The van der Waals surface area contributed by atoms with Crippen LogP contribution in [0.15, 0.2) is 23.4 Å². The van der Waals surface area contributed by atoms with Crippen LogP contribution in [-0.4, -0.2) is 0 Å². The van der Waals surface area contributed by atoms with Gasteiger partial charge in [-0.05, 0) is 31.3 Å². The fraction of sp³-hybridized carbons (Fsp3) is 0.636. The average molecular weight is 167 g/mol. The Bertz CT molecular complexity index is 187. The second kappa shape index (κ2) is 5.02. The lowest BCUT2D eigenvalue weighted by molar-refractivity contribution is 0.637. The van der Waals surface area contributed by atoms with Gasteiger partial charge in [-0.25, -0.2) is 0 Å². The van der Waals surface area contributed by atoms with E-state index in [-0.39, 0.29) is 0 Å². The normalized spacial score (nSPS) is 13.1. The minimum absolute atomic E-state index is 0.700. The number of allylic oxidation sites excluding steroid dienone is 2. The van der Waals surface area contributed by atoms with Crippen LogP contribution in [0.1, 0.15) is 40.5 Å². The van der Waals surface area contributed by atoms with Crippen LogP contribution in [-0.2, 0) is 0 Å². The summed E-state index contributed by atoms with van der Waals surface area (Å²) in [6.45, 7) is 12.5. The molecule has 70 valence electrons. The lowest BCUT2D eigenvalue weighted by Crippen LogP contribution is -2.02. The van der Waals surface area contributed by atoms with E-state index in [9.17, 15) is 0 Å². The first-order valence-corrected chi connectivity index (χ1v) is 4.62. The molecule has 0 rings (SSSR count). The van der Waals surface area contributed by atoms with Gasteiger partial charge in [0.05, 0.1) is 0 Å². The van der Waals surface area contributed by atoms with Crippen LogP contribution in [0.3, 0.4) is 0 Å². The van der Waals surface area contributed by atoms with E-state index in [4.69, 9.17) is 5.73 Å². The van der Waals surface area contributed by atoms with Crippen LogP contribution in [0.4, 0.5) is 0 Å². The van der Waals surface area contributed by atoms with Crippen LogP contribution >= 0.6 is 0 Å². The first-order valence-electron chi connectivity index (χ1n) is 4.62. The van der Waals surface area contributed by atoms with Crippen molar-refractivity contribution in [2.24, 2.45) is 11.7 Å². The second-order valence-corrected chi connectivity index (χ2v) is 3.74. The summed E-state index contributed by atoms with van der Waals surface area (Å²) in [6.07, 6.45) is 2.12. The third-order valence-corrected chi connectivity index (χ3v) is 1.97. The van der Waals surface area contributed by atoms with E-state index >= 15 is 0 Å². The van der Waals surface area contributed by atoms with Crippen LogP contribution in [0.25, 0.3) is 0 Å². The smallest absolute Gasteiger partial charge is 0.0272 e. The fourth-order valence-corrected chi connectivity index (χ4v) is 1.54. The number of rotatable bonds is 4. The summed E-state index contributed by atoms with van der Waals surface area (Å²) in [5.41, 5.74) is 9.03. The summed E-state index contributed by atoms with van der Waals surface area (Å²) in [4.78, 5) is 0. The van der Waals surface area contributed by atoms with Gasteiger partial charge < -0.3 is 5.73 Å². The van der Waals surface area contributed by atoms with E-state index in [1.165, 1.54) is 11.1 Å². The molecule has 0 aromatic carbocycles. The van der Waals surface area contributed by atoms with Crippen molar-refractivity contribution in [3.8, 4) is 0 Å². The maximum absolute atomic E-state index is 5.67. The quantitative estimate of drug-likeness (QED) is 0.639. The molecule has 0 spiro atoms. The largest absolute Gasteiger partial charge is 0.399 e. The zero-order valence-corrected chi connectivity index (χ0v) is 8.78. The molecule has 0 bridgehead atoms. The highest BCUT2D eigenvalue weighted by atomic mass is 14.6. The monoisotopic (exact) mass is 167 g/mol. The van der Waals surface area contributed by atoms with Crippen molar-refractivity contribution in [3.05, 3.63) is 23.4 Å². The number of hydrogen-bond acceptors (Lipinski definition) is 1. The van der Waals surface area contributed by atoms with Gasteiger partial charge in [0.25, 0.3) is 0 Å². The van der Waals surface area contributed by atoms with Crippen molar-refractivity contribution in [2.45, 2.75) is 40.5 Å². The third kappa shape index (κ3) is 3.61. The van der Waals surface area contributed by atoms with E-state index in [0.29, 0.717) is 5.92 Å². The molecule has 12 heavy (non-hydrogen) atoms. The molecule has 0 aliphatic rings. The summed E-state index contributed by atoms with van der Waals surface area (Å²) >= 11 is 0. The Morgan fingerprint density at radius 1 is 1.42 bits per heavy atom. The zero-order valence-electron chi connectivity index (χ0n) is 8.78. The third-order valence-electron chi connectivity index (χ3n) is 1.97. The molecule has 0 heterocycles. The molecule has 0 aliphatic carbocycles. The molecule has 0 unspecified atom stereocenters. The van der Waals surface area contributed by atoms with Gasteiger partial charge in [0, 0.05) is 5.70 Å². The Kier molecular flexibility index (Phi) is 4.72. The van der Waals surface area contributed by atoms with Gasteiger partial charge in [-0.1, -0.05) is 32.9 Å². The van der Waals surface area contributed by atoms with Crippen LogP contribution in [0.2, 0.25) is 0 Å². The lowest BCUT2D eigenvalue weighted by atomic mass is 9.97. The molecular formula is C11H21N. The van der Waals surface area contributed by atoms with Crippen LogP contribution in [0.5, 0.6) is 0 Å². The predicted molar refractivity (Wildman–Crippen MR) is 55.8 cm³/mol. The molecule has 0 saturated carbocycles. The second-order valence-electron chi connectivity index (χ2n) is 3.74. The first kappa shape index (κ1) is 11.3. The Balaban J connectivity index is 4.49. The summed E-state index contributed by atoms with van der Waals surface area (Å²) in [5, 5.41) is 0. The van der Waals surface area contributed by atoms with E-state index in [2.05, 4.69) is 34.3 Å². The van der Waals surface area contributed by atoms with Gasteiger partial charge in [-0.2, -0.15) is 0 Å². The number of nitrogens with two attached hydrogens (primary N) is 1. The van der Waals surface area contributed by atoms with Crippen molar-refractivity contribution in [2.75, 3.05) is 0 Å². The molecule has 0 aromatic heterocycles. The number of hydrogen-bond donors (Lipinski definition) is 1. The SMILES string of the molecule is C=C(N)/C(CC)=C(/C)CC(C)C. The molecular weight excluding hydrogens is 146 g/mol. The molecule has 0 saturated heterocycles. The Morgan fingerprint density at radius 3 is 2.17 bits per heavy atom. The minimum Gasteiger partial charge on any atom is -0.399 e. The molecule has 0 atom stereocenters. The lowest BCUT2D eigenvalue weighted by Gasteiger charge is -2.11. The van der Waals surface area contributed by atoms with Gasteiger partial charge in [0.15, 0.2) is 0 Å². The highest BCUT2D eigenvalue weighted by Gasteiger charge is 2.03. The van der Waals surface area contributed by atoms with Crippen molar-refractivity contribution < 1.29 is 0 Å². The molecule has 0 aliphatic heterocycles. The van der Waals surface area contributed by atoms with E-state index in [1.54, 1.807) is 0 Å². The van der Waals surface area contributed by atoms with Gasteiger partial charge in [0.1, 0.15) is 0 Å². The summed E-state index contributed by atoms with van der Waals surface area (Å²) < 4.78 is 0. The summed E-state index contributed by atoms with van der Waals surface area (Å²) in [6, 6.07) is 0. The Labute approximate surface area is 76.3 Å². The standard InChI is InChI=1S/C11H21N/c1-6-11(10(5)12)9(4)7-8(2)3/h8H,5-7,12H2,1-4H3/b11-9-. The summed E-state index contributed by atoms with van der Waals surface area (Å²) in [7, 11) is 0. The fourth-order valence-electron chi connectivity index (χ4n) is 1.54. The molecule has 2 N–H and O–H groups in total. The van der Waals surface area contributed by atoms with Gasteiger partial charge >= 0.3 is 0 Å². The Hall–Kier alpha value is -0.720. The molecule has 1 heteroatoms. The van der Waals surface area contributed by atoms with E-state index in [1.807, 2.05) is 0 Å². The van der Waals surface area contributed by atoms with Crippen molar-refractivity contribution in [3.63, 3.8) is 0 Å². The zero-order chi connectivity index (χ0) is 9.72. The van der Waals surface area contributed by atoms with Crippen molar-refractivity contribution >= 4 is 0 Å². The molecule has 0 fully saturated rings. The predicted octanol–water partition coefficient (Wildman–Crippen LogP) is 3.23. The minimum atomic E-state index is 0.700. The van der Waals surface area contributed by atoms with E-state index < -0.39 is 0 Å². The maximum Gasteiger partial charge on any atom is 0.0272 e. The molecule has 0 aromatic rings.